The number of carboxylic acids is 1. The average Bonchev–Trinajstić information content (AvgIpc) is 2.75. The van der Waals surface area contributed by atoms with E-state index < -0.39 is 36.2 Å². The van der Waals surface area contributed by atoms with Crippen molar-refractivity contribution in [2.24, 2.45) is 5.41 Å². The average molecular weight is 254 g/mol. The van der Waals surface area contributed by atoms with Gasteiger partial charge in [-0.3, -0.25) is 4.79 Å². The minimum Gasteiger partial charge on any atom is -0.481 e. The molecular weight excluding hydrogens is 241 g/mol. The van der Waals surface area contributed by atoms with Crippen molar-refractivity contribution in [3.05, 3.63) is 0 Å². The van der Waals surface area contributed by atoms with E-state index in [9.17, 15) is 18.0 Å². The highest BCUT2D eigenvalue weighted by Gasteiger charge is 2.60. The molecule has 0 aliphatic carbocycles. The third kappa shape index (κ3) is 2.01. The summed E-state index contributed by atoms with van der Waals surface area (Å²) >= 11 is 0. The first-order valence-electron chi connectivity index (χ1n) is 5.39. The number of hydrogen-bond acceptors (Lipinski definition) is 3. The molecule has 98 valence electrons. The van der Waals surface area contributed by atoms with Crippen molar-refractivity contribution in [3.8, 4) is 0 Å². The lowest BCUT2D eigenvalue weighted by Gasteiger charge is -2.33. The van der Waals surface area contributed by atoms with Crippen molar-refractivity contribution in [1.29, 1.82) is 0 Å². The number of carboxylic acid groups (broad SMARTS) is 1. The molecule has 7 heteroatoms. The zero-order chi connectivity index (χ0) is 12.8. The Morgan fingerprint density at radius 2 is 2.12 bits per heavy atom. The predicted octanol–water partition coefficient (Wildman–Crippen LogP) is 1.32. The summed E-state index contributed by atoms with van der Waals surface area (Å²) < 4.78 is 42.2. The van der Waals surface area contributed by atoms with E-state index in [1.165, 1.54) is 0 Å². The maximum absolute atomic E-state index is 12.3. The molecule has 2 bridgehead atoms. The molecule has 4 unspecified atom stereocenters. The lowest BCUT2D eigenvalue weighted by Crippen LogP contribution is -2.46. The second-order valence-electron chi connectivity index (χ2n) is 4.75. The first-order valence-corrected chi connectivity index (χ1v) is 5.39. The number of rotatable bonds is 3. The van der Waals surface area contributed by atoms with Crippen LogP contribution in [0.5, 0.6) is 0 Å². The van der Waals surface area contributed by atoms with E-state index in [0.717, 1.165) is 0 Å². The highest BCUT2D eigenvalue weighted by atomic mass is 19.4. The molecule has 2 aliphatic rings. The van der Waals surface area contributed by atoms with E-state index in [1.54, 1.807) is 0 Å². The lowest BCUT2D eigenvalue weighted by molar-refractivity contribution is -0.216. The largest absolute Gasteiger partial charge is 0.481 e. The van der Waals surface area contributed by atoms with Gasteiger partial charge < -0.3 is 14.9 Å². The molecule has 17 heavy (non-hydrogen) atoms. The molecule has 0 saturated carbocycles. The van der Waals surface area contributed by atoms with Gasteiger partial charge in [0.25, 0.3) is 0 Å². The predicted molar refractivity (Wildman–Crippen MR) is 49.3 cm³/mol. The van der Waals surface area contributed by atoms with Gasteiger partial charge in [0.05, 0.1) is 17.6 Å². The fourth-order valence-electron chi connectivity index (χ4n) is 2.79. The number of halogens is 3. The Bertz CT molecular complexity index is 330. The second-order valence-corrected chi connectivity index (χ2v) is 4.75. The molecule has 4 atom stereocenters. The van der Waals surface area contributed by atoms with Crippen LogP contribution in [0.15, 0.2) is 0 Å². The molecule has 2 heterocycles. The smallest absolute Gasteiger partial charge is 0.414 e. The molecule has 2 saturated heterocycles. The Hall–Kier alpha value is -0.820. The van der Waals surface area contributed by atoms with Gasteiger partial charge in [-0.15, -0.1) is 0 Å². The normalized spacial score (nSPS) is 38.4. The van der Waals surface area contributed by atoms with E-state index in [1.807, 2.05) is 0 Å². The van der Waals surface area contributed by atoms with E-state index in [0.29, 0.717) is 12.8 Å². The van der Waals surface area contributed by atoms with Crippen LogP contribution in [0.25, 0.3) is 0 Å². The molecule has 0 radical (unpaired) electrons. The van der Waals surface area contributed by atoms with Crippen LogP contribution in [0.2, 0.25) is 0 Å². The SMILES string of the molecule is O=C(O)C1(CC(O)C(F)(F)F)CC2CCC1O2. The zero-order valence-corrected chi connectivity index (χ0v) is 8.91. The lowest BCUT2D eigenvalue weighted by atomic mass is 9.70. The van der Waals surface area contributed by atoms with Crippen LogP contribution >= 0.6 is 0 Å². The molecule has 2 N–H and O–H groups in total. The molecule has 0 aromatic carbocycles. The summed E-state index contributed by atoms with van der Waals surface area (Å²) in [5, 5.41) is 18.2. The van der Waals surface area contributed by atoms with Gasteiger partial charge in [-0.05, 0) is 19.3 Å². The number of aliphatic hydroxyl groups is 1. The number of aliphatic carboxylic acids is 1. The van der Waals surface area contributed by atoms with Crippen molar-refractivity contribution in [1.82, 2.24) is 0 Å². The van der Waals surface area contributed by atoms with Gasteiger partial charge in [0.2, 0.25) is 0 Å². The highest BCUT2D eigenvalue weighted by molar-refractivity contribution is 5.76. The number of hydrogen-bond donors (Lipinski definition) is 2. The van der Waals surface area contributed by atoms with Crippen molar-refractivity contribution < 1.29 is 32.9 Å². The van der Waals surface area contributed by atoms with Gasteiger partial charge in [-0.2, -0.15) is 13.2 Å². The minimum atomic E-state index is -4.79. The molecule has 2 rings (SSSR count). The van der Waals surface area contributed by atoms with E-state index in [4.69, 9.17) is 14.9 Å². The second kappa shape index (κ2) is 3.84. The quantitative estimate of drug-likeness (QED) is 0.797. The van der Waals surface area contributed by atoms with Crippen LogP contribution < -0.4 is 0 Å². The fourth-order valence-corrected chi connectivity index (χ4v) is 2.79. The highest BCUT2D eigenvalue weighted by Crippen LogP contribution is 2.51. The Labute approximate surface area is 95.4 Å². The van der Waals surface area contributed by atoms with Crippen molar-refractivity contribution in [2.45, 2.75) is 50.2 Å². The molecule has 2 fully saturated rings. The van der Waals surface area contributed by atoms with Gasteiger partial charge in [-0.1, -0.05) is 0 Å². The van der Waals surface area contributed by atoms with Crippen LogP contribution in [-0.2, 0) is 9.53 Å². The molecule has 0 aromatic rings. The number of fused-ring (bicyclic) bond motifs is 2. The molecule has 0 aromatic heterocycles. The molecule has 0 spiro atoms. The summed E-state index contributed by atoms with van der Waals surface area (Å²) in [7, 11) is 0. The van der Waals surface area contributed by atoms with E-state index >= 15 is 0 Å². The Morgan fingerprint density at radius 1 is 1.47 bits per heavy atom. The Morgan fingerprint density at radius 3 is 2.47 bits per heavy atom. The van der Waals surface area contributed by atoms with Gasteiger partial charge in [0.15, 0.2) is 6.10 Å². The van der Waals surface area contributed by atoms with Gasteiger partial charge in [0, 0.05) is 6.42 Å². The topological polar surface area (TPSA) is 66.8 Å². The van der Waals surface area contributed by atoms with Crippen molar-refractivity contribution in [3.63, 3.8) is 0 Å². The van der Waals surface area contributed by atoms with Crippen LogP contribution in [-0.4, -0.2) is 40.7 Å². The third-order valence-electron chi connectivity index (χ3n) is 3.68. The molecular formula is C10H13F3O4. The molecule has 2 aliphatic heterocycles. The standard InChI is InChI=1S/C10H13F3O4/c11-10(12,13)6(14)4-9(8(15)16)3-5-1-2-7(9)17-5/h5-7,14H,1-4H2,(H,15,16). The fraction of sp³-hybridized carbons (Fsp3) is 0.900. The van der Waals surface area contributed by atoms with E-state index in [-0.39, 0.29) is 12.5 Å². The van der Waals surface area contributed by atoms with Crippen LogP contribution in [0.4, 0.5) is 13.2 Å². The third-order valence-corrected chi connectivity index (χ3v) is 3.68. The molecule has 4 nitrogen and oxygen atoms in total. The summed E-state index contributed by atoms with van der Waals surface area (Å²) in [6.45, 7) is 0. The molecule has 0 amide bonds. The monoisotopic (exact) mass is 254 g/mol. The van der Waals surface area contributed by atoms with Crippen LogP contribution in [0, 0.1) is 5.41 Å². The zero-order valence-electron chi connectivity index (χ0n) is 8.91. The van der Waals surface area contributed by atoms with Crippen LogP contribution in [0.1, 0.15) is 25.7 Å². The number of alkyl halides is 3. The number of carbonyl (C=O) groups is 1. The van der Waals surface area contributed by atoms with Gasteiger partial charge >= 0.3 is 12.1 Å². The summed E-state index contributed by atoms with van der Waals surface area (Å²) in [6.07, 6.45) is -8.03. The number of ether oxygens (including phenoxy) is 1. The Kier molecular flexibility index (Phi) is 2.86. The van der Waals surface area contributed by atoms with Gasteiger partial charge in [0.1, 0.15) is 0 Å². The summed E-state index contributed by atoms with van der Waals surface area (Å²) in [4.78, 5) is 11.2. The van der Waals surface area contributed by atoms with E-state index in [2.05, 4.69) is 0 Å². The van der Waals surface area contributed by atoms with Gasteiger partial charge in [-0.25, -0.2) is 0 Å². The maximum atomic E-state index is 12.3. The van der Waals surface area contributed by atoms with Crippen LogP contribution in [0.3, 0.4) is 0 Å². The maximum Gasteiger partial charge on any atom is 0.414 e. The number of aliphatic hydroxyl groups excluding tert-OH is 1. The Balaban J connectivity index is 2.17. The summed E-state index contributed by atoms with van der Waals surface area (Å²) in [5.74, 6) is -1.31. The summed E-state index contributed by atoms with van der Waals surface area (Å²) in [5.41, 5.74) is -1.59. The van der Waals surface area contributed by atoms with Crippen molar-refractivity contribution in [2.75, 3.05) is 0 Å². The minimum absolute atomic E-state index is 0.0557. The van der Waals surface area contributed by atoms with Crippen molar-refractivity contribution >= 4 is 5.97 Å². The first kappa shape index (κ1) is 12.6. The first-order chi connectivity index (χ1) is 7.75. The summed E-state index contributed by atoms with van der Waals surface area (Å²) in [6, 6.07) is 0.